The molecule has 0 amide bonds. The highest BCUT2D eigenvalue weighted by Crippen LogP contribution is 2.26. The van der Waals surface area contributed by atoms with Crippen LogP contribution in [0.25, 0.3) is 10.8 Å². The summed E-state index contributed by atoms with van der Waals surface area (Å²) in [6.45, 7) is 2.94. The molecule has 2 aromatic heterocycles. The molecule has 1 N–H and O–H groups in total. The van der Waals surface area contributed by atoms with E-state index in [0.717, 1.165) is 29.5 Å². The lowest BCUT2D eigenvalue weighted by atomic mass is 10.4. The molecule has 2 rings (SSSR count). The highest BCUT2D eigenvalue weighted by atomic mass is 32.1. The summed E-state index contributed by atoms with van der Waals surface area (Å²) in [5, 5.41) is 4.06. The number of furan rings is 1. The smallest absolute Gasteiger partial charge is 0.162 e. The maximum absolute atomic E-state index is 5.64. The molecule has 0 bridgehead atoms. The van der Waals surface area contributed by atoms with Crippen molar-refractivity contribution in [1.29, 1.82) is 0 Å². The van der Waals surface area contributed by atoms with Crippen molar-refractivity contribution in [3.63, 3.8) is 0 Å². The standard InChI is InChI=1S/C11H14N2OS/c1-3-8-4-5-10(14-8)11-13-7-9(15-11)6-12-2/h4-5,7,12H,3,6H2,1-2H3. The Morgan fingerprint density at radius 2 is 2.33 bits per heavy atom. The number of thiazole rings is 1. The van der Waals surface area contributed by atoms with Crippen LogP contribution < -0.4 is 5.32 Å². The molecule has 0 spiro atoms. The van der Waals surface area contributed by atoms with Crippen LogP contribution >= 0.6 is 11.3 Å². The minimum atomic E-state index is 0.860. The number of nitrogens with zero attached hydrogens (tertiary/aromatic N) is 1. The average molecular weight is 222 g/mol. The van der Waals surface area contributed by atoms with Crippen LogP contribution in [0.2, 0.25) is 0 Å². The number of hydrogen-bond donors (Lipinski definition) is 1. The Balaban J connectivity index is 2.21. The first-order valence-electron chi connectivity index (χ1n) is 5.02. The summed E-state index contributed by atoms with van der Waals surface area (Å²) in [6, 6.07) is 4.00. The van der Waals surface area contributed by atoms with E-state index in [0.29, 0.717) is 0 Å². The van der Waals surface area contributed by atoms with E-state index >= 15 is 0 Å². The third-order valence-electron chi connectivity index (χ3n) is 2.13. The molecule has 80 valence electrons. The van der Waals surface area contributed by atoms with Gasteiger partial charge in [-0.05, 0) is 19.2 Å². The summed E-state index contributed by atoms with van der Waals surface area (Å²) < 4.78 is 5.64. The molecule has 0 fully saturated rings. The van der Waals surface area contributed by atoms with Crippen LogP contribution in [0, 0.1) is 0 Å². The zero-order valence-corrected chi connectivity index (χ0v) is 9.73. The fraction of sp³-hybridized carbons (Fsp3) is 0.364. The predicted octanol–water partition coefficient (Wildman–Crippen LogP) is 2.68. The van der Waals surface area contributed by atoms with Crippen molar-refractivity contribution in [2.24, 2.45) is 0 Å². The van der Waals surface area contributed by atoms with E-state index in [1.807, 2.05) is 25.4 Å². The highest BCUT2D eigenvalue weighted by Gasteiger charge is 2.08. The van der Waals surface area contributed by atoms with Crippen molar-refractivity contribution in [2.75, 3.05) is 7.05 Å². The maximum atomic E-state index is 5.64. The Labute approximate surface area is 93.2 Å². The van der Waals surface area contributed by atoms with Gasteiger partial charge < -0.3 is 9.73 Å². The van der Waals surface area contributed by atoms with Crippen LogP contribution in [0.1, 0.15) is 17.6 Å². The van der Waals surface area contributed by atoms with Gasteiger partial charge in [0.15, 0.2) is 10.8 Å². The summed E-state index contributed by atoms with van der Waals surface area (Å²) in [7, 11) is 1.93. The van der Waals surface area contributed by atoms with Crippen molar-refractivity contribution in [3.8, 4) is 10.8 Å². The molecule has 0 radical (unpaired) electrons. The molecule has 0 unspecified atom stereocenters. The summed E-state index contributed by atoms with van der Waals surface area (Å²) in [5.74, 6) is 1.88. The second kappa shape index (κ2) is 4.59. The van der Waals surface area contributed by atoms with Gasteiger partial charge in [0, 0.05) is 24.0 Å². The number of aryl methyl sites for hydroxylation is 1. The van der Waals surface area contributed by atoms with E-state index < -0.39 is 0 Å². The summed E-state index contributed by atoms with van der Waals surface area (Å²) in [4.78, 5) is 5.56. The topological polar surface area (TPSA) is 38.1 Å². The molecule has 0 aliphatic heterocycles. The van der Waals surface area contributed by atoms with Gasteiger partial charge in [-0.2, -0.15) is 0 Å². The molecular weight excluding hydrogens is 208 g/mol. The molecule has 0 aromatic carbocycles. The van der Waals surface area contributed by atoms with E-state index in [-0.39, 0.29) is 0 Å². The van der Waals surface area contributed by atoms with Gasteiger partial charge in [0.25, 0.3) is 0 Å². The number of hydrogen-bond acceptors (Lipinski definition) is 4. The normalized spacial score (nSPS) is 10.8. The summed E-state index contributed by atoms with van der Waals surface area (Å²) >= 11 is 1.67. The number of nitrogens with one attached hydrogen (secondary N) is 1. The minimum Gasteiger partial charge on any atom is -0.459 e. The van der Waals surface area contributed by atoms with Gasteiger partial charge in [-0.25, -0.2) is 4.98 Å². The summed E-state index contributed by atoms with van der Waals surface area (Å²) in [6.07, 6.45) is 2.82. The first-order chi connectivity index (χ1) is 7.33. The Kier molecular flexibility index (Phi) is 3.18. The molecule has 0 aliphatic rings. The van der Waals surface area contributed by atoms with Crippen LogP contribution in [-0.2, 0) is 13.0 Å². The van der Waals surface area contributed by atoms with E-state index in [2.05, 4.69) is 17.2 Å². The Bertz CT molecular complexity index is 433. The molecular formula is C11H14N2OS. The van der Waals surface area contributed by atoms with Gasteiger partial charge >= 0.3 is 0 Å². The largest absolute Gasteiger partial charge is 0.459 e. The van der Waals surface area contributed by atoms with Gasteiger partial charge in [0.05, 0.1) is 0 Å². The Morgan fingerprint density at radius 1 is 1.47 bits per heavy atom. The maximum Gasteiger partial charge on any atom is 0.162 e. The monoisotopic (exact) mass is 222 g/mol. The zero-order chi connectivity index (χ0) is 10.7. The lowest BCUT2D eigenvalue weighted by Crippen LogP contribution is -2.02. The SMILES string of the molecule is CCc1ccc(-c2ncc(CNC)s2)o1. The van der Waals surface area contributed by atoms with Crippen molar-refractivity contribution in [1.82, 2.24) is 10.3 Å². The molecule has 0 saturated heterocycles. The van der Waals surface area contributed by atoms with Crippen molar-refractivity contribution in [2.45, 2.75) is 19.9 Å². The number of aromatic nitrogens is 1. The van der Waals surface area contributed by atoms with Crippen LogP contribution in [0.5, 0.6) is 0 Å². The van der Waals surface area contributed by atoms with E-state index in [1.165, 1.54) is 4.88 Å². The van der Waals surface area contributed by atoms with Gasteiger partial charge in [-0.3, -0.25) is 0 Å². The Hall–Kier alpha value is -1.13. The molecule has 3 nitrogen and oxygen atoms in total. The second-order valence-corrected chi connectivity index (χ2v) is 4.40. The van der Waals surface area contributed by atoms with Gasteiger partial charge in [0.1, 0.15) is 5.76 Å². The molecule has 0 atom stereocenters. The third-order valence-corrected chi connectivity index (χ3v) is 3.14. The van der Waals surface area contributed by atoms with Crippen molar-refractivity contribution in [3.05, 3.63) is 29.0 Å². The third kappa shape index (κ3) is 2.27. The fourth-order valence-electron chi connectivity index (χ4n) is 1.36. The second-order valence-electron chi connectivity index (χ2n) is 3.28. The molecule has 0 saturated carbocycles. The fourth-order valence-corrected chi connectivity index (χ4v) is 2.25. The first kappa shape index (κ1) is 10.4. The minimum absolute atomic E-state index is 0.860. The molecule has 15 heavy (non-hydrogen) atoms. The quantitative estimate of drug-likeness (QED) is 0.864. The zero-order valence-electron chi connectivity index (χ0n) is 8.91. The van der Waals surface area contributed by atoms with Crippen LogP contribution in [0.15, 0.2) is 22.7 Å². The number of rotatable bonds is 4. The summed E-state index contributed by atoms with van der Waals surface area (Å²) in [5.41, 5.74) is 0. The van der Waals surface area contributed by atoms with Crippen LogP contribution in [0.3, 0.4) is 0 Å². The van der Waals surface area contributed by atoms with Crippen LogP contribution in [-0.4, -0.2) is 12.0 Å². The average Bonchev–Trinajstić information content (AvgIpc) is 2.85. The van der Waals surface area contributed by atoms with Crippen molar-refractivity contribution < 1.29 is 4.42 Å². The Morgan fingerprint density at radius 3 is 3.00 bits per heavy atom. The molecule has 2 aromatic rings. The van der Waals surface area contributed by atoms with E-state index in [1.54, 1.807) is 11.3 Å². The van der Waals surface area contributed by atoms with Gasteiger partial charge in [-0.1, -0.05) is 6.92 Å². The predicted molar refractivity (Wildman–Crippen MR) is 62.0 cm³/mol. The lowest BCUT2D eigenvalue weighted by molar-refractivity contribution is 0.529. The highest BCUT2D eigenvalue weighted by molar-refractivity contribution is 7.14. The van der Waals surface area contributed by atoms with Gasteiger partial charge in [-0.15, -0.1) is 11.3 Å². The van der Waals surface area contributed by atoms with Crippen molar-refractivity contribution >= 4 is 11.3 Å². The van der Waals surface area contributed by atoms with Gasteiger partial charge in [0.2, 0.25) is 0 Å². The first-order valence-corrected chi connectivity index (χ1v) is 5.83. The molecule has 0 aliphatic carbocycles. The van der Waals surface area contributed by atoms with Crippen LogP contribution in [0.4, 0.5) is 0 Å². The van der Waals surface area contributed by atoms with E-state index in [9.17, 15) is 0 Å². The lowest BCUT2D eigenvalue weighted by Gasteiger charge is -1.91. The molecule has 4 heteroatoms. The molecule has 2 heterocycles. The van der Waals surface area contributed by atoms with E-state index in [4.69, 9.17) is 4.42 Å².